The first kappa shape index (κ1) is 31.6. The second-order valence-corrected chi connectivity index (χ2v) is 8.57. The zero-order valence-electron chi connectivity index (χ0n) is 21.2. The molecule has 15 nitrogen and oxygen atoms in total. The van der Waals surface area contributed by atoms with Gasteiger partial charge in [-0.3, -0.25) is 0 Å². The van der Waals surface area contributed by atoms with E-state index in [1.54, 1.807) is 7.05 Å². The third-order valence-corrected chi connectivity index (χ3v) is 6.23. The van der Waals surface area contributed by atoms with Gasteiger partial charge < -0.3 is 65.7 Å². The van der Waals surface area contributed by atoms with Gasteiger partial charge in [-0.1, -0.05) is 13.8 Å². The largest absolute Gasteiger partial charge is 0.507 e. The molecule has 3 rings (SSSR count). The summed E-state index contributed by atoms with van der Waals surface area (Å²) in [5.41, 5.74) is 5.61. The molecule has 0 amide bonds. The molecule has 4 unspecified atom stereocenters. The first-order chi connectivity index (χ1) is 18.0. The van der Waals surface area contributed by atoms with Crippen LogP contribution in [0.2, 0.25) is 0 Å². The van der Waals surface area contributed by atoms with Crippen LogP contribution in [0.5, 0.6) is 5.75 Å². The molecule has 10 atom stereocenters. The molecule has 216 valence electrons. The van der Waals surface area contributed by atoms with E-state index in [0.29, 0.717) is 0 Å². The number of nitrogen functional groups attached to an aromatic ring is 1. The van der Waals surface area contributed by atoms with Gasteiger partial charge in [0.1, 0.15) is 48.4 Å². The number of anilines is 1. The number of aliphatic hydroxyl groups is 5. The minimum atomic E-state index is -1.90. The summed E-state index contributed by atoms with van der Waals surface area (Å²) in [4.78, 5) is 23.6. The Morgan fingerprint density at radius 3 is 2.26 bits per heavy atom. The normalized spacial score (nSPS) is 35.1. The minimum absolute atomic E-state index is 0.206. The number of likely N-dealkylation sites (N-methyl/N-ethyl adjacent to an activating group) is 1. The molecule has 2 saturated heterocycles. The van der Waals surface area contributed by atoms with E-state index in [0.717, 1.165) is 0 Å². The van der Waals surface area contributed by atoms with Crippen molar-refractivity contribution in [3.63, 3.8) is 0 Å². The quantitative estimate of drug-likeness (QED) is 0.0860. The maximum atomic E-state index is 12.4. The van der Waals surface area contributed by atoms with Crippen LogP contribution in [0.25, 0.3) is 0 Å². The first-order valence-electron chi connectivity index (χ1n) is 12.1. The molecule has 0 aliphatic carbocycles. The number of carbonyl (C=O) groups is 2. The fourth-order valence-corrected chi connectivity index (χ4v) is 4.17. The Labute approximate surface area is 218 Å². The number of nitrogens with two attached hydrogens (primary N) is 2. The van der Waals surface area contributed by atoms with Crippen molar-refractivity contribution >= 4 is 17.6 Å². The lowest BCUT2D eigenvalue weighted by molar-refractivity contribution is -0.694. The number of aliphatic carboxylic acids is 1. The topological polar surface area (TPSA) is 255 Å². The van der Waals surface area contributed by atoms with Crippen LogP contribution in [0.1, 0.15) is 24.2 Å². The van der Waals surface area contributed by atoms with E-state index in [9.17, 15) is 40.2 Å². The Balaban J connectivity index is 0.00000247. The zero-order valence-corrected chi connectivity index (χ0v) is 21.2. The maximum Gasteiger partial charge on any atom is 0.342 e. The molecule has 1 aromatic carbocycles. The SMILES string of the molecule is CC.C[NH2+]C1[C@H](O)OC(COC(=O)c2cc(N)ccc2O)[C@H](O)[C@H]1CO[C@@H]1OC(C(=O)O)[C@@H](O)[C@@H](O)C1O. The van der Waals surface area contributed by atoms with Crippen LogP contribution in [0.3, 0.4) is 0 Å². The fourth-order valence-electron chi connectivity index (χ4n) is 4.17. The lowest BCUT2D eigenvalue weighted by atomic mass is 9.87. The van der Waals surface area contributed by atoms with E-state index < -0.39 is 86.3 Å². The highest BCUT2D eigenvalue weighted by molar-refractivity contribution is 5.93. The summed E-state index contributed by atoms with van der Waals surface area (Å²) in [7, 11) is 1.59. The summed E-state index contributed by atoms with van der Waals surface area (Å²) < 4.78 is 21.0. The monoisotopic (exact) mass is 549 g/mol. The smallest absolute Gasteiger partial charge is 0.342 e. The van der Waals surface area contributed by atoms with E-state index in [1.807, 2.05) is 13.8 Å². The third kappa shape index (κ3) is 7.07. The van der Waals surface area contributed by atoms with E-state index >= 15 is 0 Å². The van der Waals surface area contributed by atoms with Gasteiger partial charge in [-0.2, -0.15) is 0 Å². The van der Waals surface area contributed by atoms with Crippen LogP contribution in [0.4, 0.5) is 5.69 Å². The van der Waals surface area contributed by atoms with E-state index in [-0.39, 0.29) is 17.0 Å². The van der Waals surface area contributed by atoms with Crippen molar-refractivity contribution in [1.82, 2.24) is 0 Å². The fraction of sp³-hybridized carbons (Fsp3) is 0.652. The Morgan fingerprint density at radius 1 is 1.00 bits per heavy atom. The highest BCUT2D eigenvalue weighted by Gasteiger charge is 2.50. The van der Waals surface area contributed by atoms with Crippen molar-refractivity contribution in [2.45, 2.75) is 69.1 Å². The summed E-state index contributed by atoms with van der Waals surface area (Å²) in [6, 6.07) is 3.00. The van der Waals surface area contributed by atoms with Gasteiger partial charge in [0.15, 0.2) is 12.4 Å². The van der Waals surface area contributed by atoms with Gasteiger partial charge in [-0.25, -0.2) is 9.59 Å². The third-order valence-electron chi connectivity index (χ3n) is 6.23. The van der Waals surface area contributed by atoms with Crippen molar-refractivity contribution in [1.29, 1.82) is 0 Å². The Hall–Kier alpha value is -2.60. The molecular weight excluding hydrogens is 512 g/mol. The van der Waals surface area contributed by atoms with Crippen molar-refractivity contribution in [2.75, 3.05) is 26.0 Å². The average Bonchev–Trinajstić information content (AvgIpc) is 2.89. The Bertz CT molecular complexity index is 935. The number of carboxylic acids is 1. The van der Waals surface area contributed by atoms with Gasteiger partial charge in [0.25, 0.3) is 0 Å². The molecule has 1 aromatic rings. The number of hydrogen-bond acceptors (Lipinski definition) is 13. The number of aliphatic hydroxyl groups excluding tert-OH is 5. The lowest BCUT2D eigenvalue weighted by Gasteiger charge is -2.42. The molecule has 15 heteroatoms. The highest BCUT2D eigenvalue weighted by atomic mass is 16.7. The number of carboxylic acid groups (broad SMARTS) is 1. The van der Waals surface area contributed by atoms with Gasteiger partial charge in [0, 0.05) is 5.69 Å². The van der Waals surface area contributed by atoms with Crippen LogP contribution in [0.15, 0.2) is 18.2 Å². The molecule has 0 aromatic heterocycles. The number of rotatable bonds is 8. The second-order valence-electron chi connectivity index (χ2n) is 8.57. The number of ether oxygens (including phenoxy) is 4. The highest BCUT2D eigenvalue weighted by Crippen LogP contribution is 2.28. The standard InChI is InChI=1S/C21H30N2O13.C2H6/c1-23-12-9(5-34-21-16(28)14(26)15(27)17(36-21)18(29)30)13(25)11(35-20(12)32)6-33-19(31)8-4-7(22)2-3-10(8)24;1-2/h2-4,9,11-17,20-21,23-28,32H,5-6,22H2,1H3,(H,29,30);1-2H3/p+1/t9-,11?,12?,13+,14+,15-,16?,17?,20+,21+;/m0./s1. The second kappa shape index (κ2) is 14.0. The van der Waals surface area contributed by atoms with Crippen LogP contribution < -0.4 is 11.1 Å². The summed E-state index contributed by atoms with van der Waals surface area (Å²) in [6.45, 7) is 3.07. The molecule has 0 radical (unpaired) electrons. The number of carbonyl (C=O) groups excluding carboxylic acids is 1. The van der Waals surface area contributed by atoms with Crippen LogP contribution >= 0.6 is 0 Å². The molecular formula is C23H37N2O13+. The number of phenols is 1. The van der Waals surface area contributed by atoms with E-state index in [1.165, 1.54) is 23.5 Å². The molecule has 2 fully saturated rings. The summed E-state index contributed by atoms with van der Waals surface area (Å²) in [5.74, 6) is -3.82. The number of esters is 1. The van der Waals surface area contributed by atoms with Gasteiger partial charge in [-0.15, -0.1) is 0 Å². The molecule has 2 aliphatic heterocycles. The predicted molar refractivity (Wildman–Crippen MR) is 126 cm³/mol. The molecule has 0 bridgehead atoms. The molecule has 2 aliphatic rings. The van der Waals surface area contributed by atoms with Gasteiger partial charge >= 0.3 is 11.9 Å². The number of hydrogen-bond donors (Lipinski definition) is 9. The van der Waals surface area contributed by atoms with Gasteiger partial charge in [0.2, 0.25) is 6.29 Å². The van der Waals surface area contributed by atoms with Crippen LogP contribution in [-0.4, -0.2) is 123 Å². The number of quaternary nitrogens is 1. The average molecular weight is 550 g/mol. The van der Waals surface area contributed by atoms with Crippen molar-refractivity contribution in [3.05, 3.63) is 23.8 Å². The maximum absolute atomic E-state index is 12.4. The summed E-state index contributed by atoms with van der Waals surface area (Å²) in [5, 5.41) is 71.7. The van der Waals surface area contributed by atoms with Crippen molar-refractivity contribution in [3.8, 4) is 5.75 Å². The molecule has 0 spiro atoms. The van der Waals surface area contributed by atoms with E-state index in [4.69, 9.17) is 29.8 Å². The molecule has 38 heavy (non-hydrogen) atoms. The van der Waals surface area contributed by atoms with Crippen LogP contribution in [-0.2, 0) is 23.7 Å². The van der Waals surface area contributed by atoms with Gasteiger partial charge in [-0.05, 0) is 18.2 Å². The molecule has 0 saturated carbocycles. The molecule has 11 N–H and O–H groups in total. The van der Waals surface area contributed by atoms with Gasteiger partial charge in [0.05, 0.1) is 25.7 Å². The number of phenolic OH excluding ortho intramolecular Hbond substituents is 1. The zero-order chi connectivity index (χ0) is 28.7. The van der Waals surface area contributed by atoms with Crippen LogP contribution in [0, 0.1) is 5.92 Å². The number of aromatic hydroxyl groups is 1. The van der Waals surface area contributed by atoms with E-state index in [2.05, 4.69) is 0 Å². The molecule has 2 heterocycles. The summed E-state index contributed by atoms with van der Waals surface area (Å²) >= 11 is 0. The summed E-state index contributed by atoms with van der Waals surface area (Å²) in [6.07, 6.45) is -13.2. The lowest BCUT2D eigenvalue weighted by Crippen LogP contribution is -2.93. The first-order valence-corrected chi connectivity index (χ1v) is 12.1. The number of benzene rings is 1. The Kier molecular flexibility index (Phi) is 11.6. The Morgan fingerprint density at radius 2 is 1.66 bits per heavy atom. The van der Waals surface area contributed by atoms with Crippen molar-refractivity contribution in [2.24, 2.45) is 5.92 Å². The predicted octanol–water partition coefficient (Wildman–Crippen LogP) is -3.68. The van der Waals surface area contributed by atoms with Crippen molar-refractivity contribution < 1.29 is 69.6 Å². The minimum Gasteiger partial charge on any atom is -0.507 e.